The van der Waals surface area contributed by atoms with Crippen molar-refractivity contribution in [3.63, 3.8) is 0 Å². The average molecular weight is 401 g/mol. The van der Waals surface area contributed by atoms with E-state index in [-0.39, 0.29) is 16.8 Å². The number of methoxy groups -OCH3 is 1. The van der Waals surface area contributed by atoms with Crippen LogP contribution in [0.3, 0.4) is 0 Å². The number of hydrogen-bond donors (Lipinski definition) is 1. The molecule has 0 aliphatic heterocycles. The maximum Gasteiger partial charge on any atom is 0.322 e. The Bertz CT molecular complexity index is 1090. The maximum atomic E-state index is 12.3. The molecule has 0 atom stereocenters. The third-order valence-corrected chi connectivity index (χ3v) is 6.18. The van der Waals surface area contributed by atoms with Crippen molar-refractivity contribution in [1.29, 1.82) is 0 Å². The number of aromatic nitrogens is 2. The third-order valence-electron chi connectivity index (χ3n) is 4.03. The van der Waals surface area contributed by atoms with Crippen molar-refractivity contribution < 1.29 is 22.4 Å². The van der Waals surface area contributed by atoms with Gasteiger partial charge in [0.05, 0.1) is 17.3 Å². The molecule has 0 radical (unpaired) electrons. The van der Waals surface area contributed by atoms with Gasteiger partial charge in [-0.05, 0) is 56.3 Å². The molecule has 1 heterocycles. The summed E-state index contributed by atoms with van der Waals surface area (Å²) in [6.07, 6.45) is 0. The van der Waals surface area contributed by atoms with E-state index in [2.05, 4.69) is 15.5 Å². The molecule has 1 amide bonds. The molecule has 0 saturated carbocycles. The van der Waals surface area contributed by atoms with Crippen LogP contribution in [-0.4, -0.2) is 36.9 Å². The van der Waals surface area contributed by atoms with Crippen LogP contribution in [0.1, 0.15) is 24.2 Å². The van der Waals surface area contributed by atoms with Gasteiger partial charge in [-0.1, -0.05) is 11.2 Å². The van der Waals surface area contributed by atoms with Crippen molar-refractivity contribution >= 4 is 21.8 Å². The fourth-order valence-corrected chi connectivity index (χ4v) is 3.48. The molecule has 0 bridgehead atoms. The second-order valence-corrected chi connectivity index (χ2v) is 8.72. The summed E-state index contributed by atoms with van der Waals surface area (Å²) in [5.74, 6) is 0.313. The molecule has 2 aromatic carbocycles. The highest BCUT2D eigenvalue weighted by Crippen LogP contribution is 2.25. The molecule has 0 unspecified atom stereocenters. The second-order valence-electron chi connectivity index (χ2n) is 6.22. The summed E-state index contributed by atoms with van der Waals surface area (Å²) in [6, 6.07) is 12.7. The highest BCUT2D eigenvalue weighted by atomic mass is 32.2. The minimum absolute atomic E-state index is 0.0899. The van der Waals surface area contributed by atoms with Crippen LogP contribution in [0.15, 0.2) is 57.8 Å². The predicted molar refractivity (Wildman–Crippen MR) is 103 cm³/mol. The van der Waals surface area contributed by atoms with Gasteiger partial charge in [-0.25, -0.2) is 8.42 Å². The van der Waals surface area contributed by atoms with E-state index in [1.165, 1.54) is 19.2 Å². The summed E-state index contributed by atoms with van der Waals surface area (Å²) in [5.41, 5.74) is 0.838. The van der Waals surface area contributed by atoms with Gasteiger partial charge >= 0.3 is 6.01 Å². The van der Waals surface area contributed by atoms with Crippen molar-refractivity contribution in [2.75, 3.05) is 12.4 Å². The first-order chi connectivity index (χ1) is 13.3. The quantitative estimate of drug-likeness (QED) is 0.675. The maximum absolute atomic E-state index is 12.3. The zero-order valence-corrected chi connectivity index (χ0v) is 16.4. The van der Waals surface area contributed by atoms with Gasteiger partial charge in [0.2, 0.25) is 5.89 Å². The Morgan fingerprint density at radius 1 is 1.11 bits per heavy atom. The van der Waals surface area contributed by atoms with Gasteiger partial charge < -0.3 is 9.15 Å². The number of ether oxygens (including phenoxy) is 1. The molecule has 3 rings (SSSR count). The Labute approximate surface area is 162 Å². The fraction of sp³-hybridized carbons (Fsp3) is 0.211. The predicted octanol–water partition coefficient (Wildman–Crippen LogP) is 3.18. The second kappa shape index (κ2) is 7.81. The van der Waals surface area contributed by atoms with E-state index in [0.29, 0.717) is 16.9 Å². The lowest BCUT2D eigenvalue weighted by atomic mass is 10.2. The van der Waals surface area contributed by atoms with E-state index in [0.717, 1.165) is 0 Å². The number of nitrogens with zero attached hydrogens (tertiary/aromatic N) is 2. The lowest BCUT2D eigenvalue weighted by molar-refractivity contribution is 0.102. The highest BCUT2D eigenvalue weighted by molar-refractivity contribution is 7.92. The number of nitrogens with one attached hydrogen (secondary N) is 1. The third kappa shape index (κ3) is 4.04. The van der Waals surface area contributed by atoms with Crippen LogP contribution >= 0.6 is 0 Å². The fourth-order valence-electron chi connectivity index (χ4n) is 2.38. The monoisotopic (exact) mass is 401 g/mol. The summed E-state index contributed by atoms with van der Waals surface area (Å²) < 4.78 is 35.2. The van der Waals surface area contributed by atoms with Gasteiger partial charge in [-0.15, -0.1) is 5.10 Å². The number of benzene rings is 2. The molecule has 1 aromatic heterocycles. The van der Waals surface area contributed by atoms with E-state index in [1.54, 1.807) is 50.2 Å². The molecule has 0 fully saturated rings. The van der Waals surface area contributed by atoms with Gasteiger partial charge in [0.25, 0.3) is 5.91 Å². The molecule has 0 aliphatic rings. The Hall–Kier alpha value is -3.20. The molecular weight excluding hydrogens is 382 g/mol. The molecular formula is C19H19N3O5S. The molecule has 8 nitrogen and oxygen atoms in total. The Morgan fingerprint density at radius 3 is 2.46 bits per heavy atom. The first-order valence-corrected chi connectivity index (χ1v) is 9.99. The van der Waals surface area contributed by atoms with Gasteiger partial charge in [0, 0.05) is 11.1 Å². The van der Waals surface area contributed by atoms with Crippen LogP contribution in [0.2, 0.25) is 0 Å². The van der Waals surface area contributed by atoms with Gasteiger partial charge in [-0.3, -0.25) is 10.1 Å². The van der Waals surface area contributed by atoms with E-state index < -0.39 is 21.0 Å². The van der Waals surface area contributed by atoms with E-state index in [9.17, 15) is 13.2 Å². The van der Waals surface area contributed by atoms with E-state index in [1.807, 2.05) is 0 Å². The van der Waals surface area contributed by atoms with Crippen molar-refractivity contribution in [1.82, 2.24) is 10.2 Å². The molecule has 1 N–H and O–H groups in total. The first kappa shape index (κ1) is 19.6. The number of rotatable bonds is 6. The molecule has 28 heavy (non-hydrogen) atoms. The molecule has 0 saturated heterocycles. The molecule has 9 heteroatoms. The lowest BCUT2D eigenvalue weighted by Crippen LogP contribution is -2.13. The summed E-state index contributed by atoms with van der Waals surface area (Å²) >= 11 is 0. The normalized spacial score (nSPS) is 11.4. The molecule has 0 spiro atoms. The van der Waals surface area contributed by atoms with Crippen LogP contribution in [0.5, 0.6) is 5.75 Å². The zero-order chi connectivity index (χ0) is 20.3. The Morgan fingerprint density at radius 2 is 1.82 bits per heavy atom. The largest absolute Gasteiger partial charge is 0.497 e. The SMILES string of the molecule is COc1ccc(C(=O)Nc2nnc(-c3cccc(S(=O)(=O)C(C)C)c3)o2)cc1. The smallest absolute Gasteiger partial charge is 0.322 e. The van der Waals surface area contributed by atoms with Crippen LogP contribution in [0, 0.1) is 0 Å². The summed E-state index contributed by atoms with van der Waals surface area (Å²) in [6.45, 7) is 3.23. The summed E-state index contributed by atoms with van der Waals surface area (Å²) in [4.78, 5) is 12.4. The van der Waals surface area contributed by atoms with Crippen LogP contribution < -0.4 is 10.1 Å². The van der Waals surface area contributed by atoms with Crippen LogP contribution in [-0.2, 0) is 9.84 Å². The summed E-state index contributed by atoms with van der Waals surface area (Å²) in [5, 5.41) is 9.64. The topological polar surface area (TPSA) is 111 Å². The van der Waals surface area contributed by atoms with E-state index >= 15 is 0 Å². The number of amides is 1. The standard InChI is InChI=1S/C19H19N3O5S/c1-12(2)28(24,25)16-6-4-5-14(11-16)18-21-22-19(27-18)20-17(23)13-7-9-15(26-3)10-8-13/h4-12H,1-3H3,(H,20,22,23). The average Bonchev–Trinajstić information content (AvgIpc) is 3.16. The van der Waals surface area contributed by atoms with Gasteiger partial charge in [0.15, 0.2) is 9.84 Å². The number of sulfone groups is 1. The van der Waals surface area contributed by atoms with E-state index in [4.69, 9.17) is 9.15 Å². The lowest BCUT2D eigenvalue weighted by Gasteiger charge is -2.08. The minimum Gasteiger partial charge on any atom is -0.497 e. The van der Waals surface area contributed by atoms with Crippen molar-refractivity contribution in [2.45, 2.75) is 24.0 Å². The minimum atomic E-state index is -3.43. The van der Waals surface area contributed by atoms with Crippen LogP contribution in [0.25, 0.3) is 11.5 Å². The molecule has 3 aromatic rings. The number of carbonyl (C=O) groups is 1. The highest BCUT2D eigenvalue weighted by Gasteiger charge is 2.20. The van der Waals surface area contributed by atoms with Crippen molar-refractivity contribution in [3.8, 4) is 17.2 Å². The number of carbonyl (C=O) groups excluding carboxylic acids is 1. The van der Waals surface area contributed by atoms with Crippen molar-refractivity contribution in [2.24, 2.45) is 0 Å². The zero-order valence-electron chi connectivity index (χ0n) is 15.5. The Balaban J connectivity index is 1.79. The summed E-state index contributed by atoms with van der Waals surface area (Å²) in [7, 11) is -1.89. The van der Waals surface area contributed by atoms with Gasteiger partial charge in [0.1, 0.15) is 5.75 Å². The Kier molecular flexibility index (Phi) is 5.46. The van der Waals surface area contributed by atoms with Crippen LogP contribution in [0.4, 0.5) is 6.01 Å². The number of anilines is 1. The number of hydrogen-bond acceptors (Lipinski definition) is 7. The molecule has 0 aliphatic carbocycles. The van der Waals surface area contributed by atoms with Crippen molar-refractivity contribution in [3.05, 3.63) is 54.1 Å². The van der Waals surface area contributed by atoms with Gasteiger partial charge in [-0.2, -0.15) is 0 Å². The molecule has 146 valence electrons. The first-order valence-electron chi connectivity index (χ1n) is 8.44.